The third-order valence-electron chi connectivity index (χ3n) is 2.82. The number of hydrogen-bond donors (Lipinski definition) is 1. The number of carbonyl (C=O) groups is 2. The van der Waals surface area contributed by atoms with Gasteiger partial charge in [-0.1, -0.05) is 0 Å². The van der Waals surface area contributed by atoms with Crippen molar-refractivity contribution >= 4 is 11.9 Å². The number of hydroxylamine groups is 4. The highest BCUT2D eigenvalue weighted by Gasteiger charge is 2.20. The number of carbonyl (C=O) groups excluding carboxylic acids is 2. The van der Waals surface area contributed by atoms with Crippen LogP contribution in [0.3, 0.4) is 0 Å². The van der Waals surface area contributed by atoms with E-state index < -0.39 is 12.0 Å². The summed E-state index contributed by atoms with van der Waals surface area (Å²) in [5.41, 5.74) is 5.70. The highest BCUT2D eigenvalue weighted by atomic mass is 16.7. The van der Waals surface area contributed by atoms with Crippen LogP contribution in [0.4, 0.5) is 0 Å². The number of rotatable bonds is 10. The van der Waals surface area contributed by atoms with Gasteiger partial charge in [0.15, 0.2) is 0 Å². The van der Waals surface area contributed by atoms with Crippen LogP contribution in [0.1, 0.15) is 40.5 Å². The molecule has 0 aromatic rings. The van der Waals surface area contributed by atoms with Gasteiger partial charge in [-0.15, -0.1) is 10.1 Å². The van der Waals surface area contributed by atoms with Crippen LogP contribution in [0.5, 0.6) is 0 Å². The zero-order valence-corrected chi connectivity index (χ0v) is 12.9. The number of nitrogens with two attached hydrogens (primary N) is 1. The van der Waals surface area contributed by atoms with Gasteiger partial charge < -0.3 is 15.4 Å². The first-order chi connectivity index (χ1) is 9.48. The fraction of sp³-hybridized carbons (Fsp3) is 0.846. The highest BCUT2D eigenvalue weighted by Crippen LogP contribution is 2.03. The third kappa shape index (κ3) is 7.42. The Hall–Kier alpha value is -1.18. The topological polar surface area (TPSA) is 85.1 Å². The minimum absolute atomic E-state index is 0.0883. The molecule has 0 saturated carbocycles. The summed E-state index contributed by atoms with van der Waals surface area (Å²) in [5.74, 6) is -0.913. The van der Waals surface area contributed by atoms with Crippen molar-refractivity contribution in [1.82, 2.24) is 10.1 Å². The summed E-state index contributed by atoms with van der Waals surface area (Å²) in [7, 11) is 0. The van der Waals surface area contributed by atoms with Crippen molar-refractivity contribution in [1.29, 1.82) is 0 Å². The Morgan fingerprint density at radius 2 is 1.40 bits per heavy atom. The lowest BCUT2D eigenvalue weighted by molar-refractivity contribution is -0.192. The van der Waals surface area contributed by atoms with Gasteiger partial charge in [-0.3, -0.25) is 4.79 Å². The Balaban J connectivity index is 4.05. The molecule has 118 valence electrons. The van der Waals surface area contributed by atoms with E-state index in [1.807, 2.05) is 27.7 Å². The maximum Gasteiger partial charge on any atom is 0.341 e. The predicted octanol–water partition coefficient (Wildman–Crippen LogP) is 0.694. The Bertz CT molecular complexity index is 291. The molecule has 0 aliphatic heterocycles. The molecule has 0 spiro atoms. The normalized spacial score (nSPS) is 12.6. The molecule has 2 N–H and O–H groups in total. The fourth-order valence-corrected chi connectivity index (χ4v) is 1.48. The van der Waals surface area contributed by atoms with Crippen molar-refractivity contribution < 1.29 is 19.3 Å². The van der Waals surface area contributed by atoms with Gasteiger partial charge in [0, 0.05) is 32.6 Å². The molecule has 0 aliphatic rings. The van der Waals surface area contributed by atoms with E-state index in [2.05, 4.69) is 0 Å². The molecule has 7 nitrogen and oxygen atoms in total. The Kier molecular flexibility index (Phi) is 9.96. The minimum Gasteiger partial charge on any atom is -0.368 e. The molecule has 0 amide bonds. The van der Waals surface area contributed by atoms with Gasteiger partial charge >= 0.3 is 11.9 Å². The SMILES string of the molecule is CCN(CC)OC(=O)CC[C@H](N)C(=O)ON(CC)CC. The molecule has 0 radical (unpaired) electrons. The molecule has 0 fully saturated rings. The van der Waals surface area contributed by atoms with Gasteiger partial charge in [-0.05, 0) is 34.1 Å². The molecule has 0 heterocycles. The number of hydrogen-bond acceptors (Lipinski definition) is 7. The summed E-state index contributed by atoms with van der Waals surface area (Å²) in [6, 6.07) is -0.820. The smallest absolute Gasteiger partial charge is 0.341 e. The van der Waals surface area contributed by atoms with Crippen LogP contribution in [0.25, 0.3) is 0 Å². The van der Waals surface area contributed by atoms with Gasteiger partial charge in [-0.2, -0.15) is 0 Å². The van der Waals surface area contributed by atoms with E-state index in [0.29, 0.717) is 26.2 Å². The first-order valence-electron chi connectivity index (χ1n) is 7.16. The van der Waals surface area contributed by atoms with Crippen molar-refractivity contribution in [2.24, 2.45) is 5.73 Å². The lowest BCUT2D eigenvalue weighted by atomic mass is 10.2. The molecule has 0 rings (SSSR count). The van der Waals surface area contributed by atoms with Crippen LogP contribution in [0, 0.1) is 0 Å². The van der Waals surface area contributed by atoms with Crippen LogP contribution in [-0.4, -0.2) is 54.3 Å². The van der Waals surface area contributed by atoms with Crippen LogP contribution in [-0.2, 0) is 19.3 Å². The summed E-state index contributed by atoms with van der Waals surface area (Å²) >= 11 is 0. The molecular formula is C13H27N3O4. The van der Waals surface area contributed by atoms with E-state index in [1.54, 1.807) is 5.06 Å². The Morgan fingerprint density at radius 3 is 1.85 bits per heavy atom. The summed E-state index contributed by atoms with van der Waals surface area (Å²) in [5, 5.41) is 3.05. The molecule has 0 aromatic carbocycles. The van der Waals surface area contributed by atoms with Gasteiger partial charge in [-0.25, -0.2) is 4.79 Å². The Labute approximate surface area is 120 Å². The van der Waals surface area contributed by atoms with Crippen LogP contribution in [0.15, 0.2) is 0 Å². The highest BCUT2D eigenvalue weighted by molar-refractivity contribution is 5.76. The van der Waals surface area contributed by atoms with Crippen LogP contribution >= 0.6 is 0 Å². The van der Waals surface area contributed by atoms with Crippen molar-refractivity contribution in [3.8, 4) is 0 Å². The quantitative estimate of drug-likeness (QED) is 0.592. The van der Waals surface area contributed by atoms with Gasteiger partial charge in [0.05, 0.1) is 0 Å². The summed E-state index contributed by atoms with van der Waals surface area (Å²) in [4.78, 5) is 33.4. The predicted molar refractivity (Wildman–Crippen MR) is 75.2 cm³/mol. The number of nitrogens with zero attached hydrogens (tertiary/aromatic N) is 2. The lowest BCUT2D eigenvalue weighted by Gasteiger charge is -2.20. The maximum absolute atomic E-state index is 11.7. The van der Waals surface area contributed by atoms with Gasteiger partial charge in [0.1, 0.15) is 6.04 Å². The largest absolute Gasteiger partial charge is 0.368 e. The third-order valence-corrected chi connectivity index (χ3v) is 2.82. The van der Waals surface area contributed by atoms with Crippen LogP contribution < -0.4 is 5.73 Å². The van der Waals surface area contributed by atoms with E-state index in [0.717, 1.165) is 0 Å². The minimum atomic E-state index is -0.820. The van der Waals surface area contributed by atoms with Gasteiger partial charge in [0.2, 0.25) is 0 Å². The monoisotopic (exact) mass is 289 g/mol. The second-order valence-corrected chi connectivity index (χ2v) is 4.25. The van der Waals surface area contributed by atoms with E-state index >= 15 is 0 Å². The van der Waals surface area contributed by atoms with E-state index in [-0.39, 0.29) is 18.8 Å². The van der Waals surface area contributed by atoms with Gasteiger partial charge in [0.25, 0.3) is 0 Å². The molecular weight excluding hydrogens is 262 g/mol. The second-order valence-electron chi connectivity index (χ2n) is 4.25. The van der Waals surface area contributed by atoms with E-state index in [4.69, 9.17) is 15.4 Å². The maximum atomic E-state index is 11.7. The summed E-state index contributed by atoms with van der Waals surface area (Å²) in [6.07, 6.45) is 0.297. The molecule has 20 heavy (non-hydrogen) atoms. The van der Waals surface area contributed by atoms with Crippen molar-refractivity contribution in [2.75, 3.05) is 26.2 Å². The molecule has 0 unspecified atom stereocenters. The molecule has 1 atom stereocenters. The fourth-order valence-electron chi connectivity index (χ4n) is 1.48. The summed E-state index contributed by atoms with van der Waals surface area (Å²) in [6.45, 7) is 9.98. The first-order valence-corrected chi connectivity index (χ1v) is 7.16. The zero-order chi connectivity index (χ0) is 15.5. The first kappa shape index (κ1) is 18.8. The molecule has 0 aliphatic carbocycles. The van der Waals surface area contributed by atoms with E-state index in [9.17, 15) is 9.59 Å². The van der Waals surface area contributed by atoms with E-state index in [1.165, 1.54) is 5.06 Å². The Morgan fingerprint density at radius 1 is 0.950 bits per heavy atom. The molecule has 0 aromatic heterocycles. The molecule has 0 bridgehead atoms. The average Bonchev–Trinajstić information content (AvgIpc) is 2.47. The molecule has 7 heteroatoms. The van der Waals surface area contributed by atoms with Crippen molar-refractivity contribution in [3.63, 3.8) is 0 Å². The average molecular weight is 289 g/mol. The standard InChI is InChI=1S/C13H27N3O4/c1-5-15(6-2)19-12(17)10-9-11(14)13(18)20-16(7-3)8-4/h11H,5-10,14H2,1-4H3/t11-/m0/s1. The molecule has 0 saturated heterocycles. The lowest BCUT2D eigenvalue weighted by Crippen LogP contribution is -2.38. The van der Waals surface area contributed by atoms with Crippen molar-refractivity contribution in [2.45, 2.75) is 46.6 Å². The van der Waals surface area contributed by atoms with Crippen LogP contribution in [0.2, 0.25) is 0 Å². The second kappa shape index (κ2) is 10.6. The van der Waals surface area contributed by atoms with Crippen molar-refractivity contribution in [3.05, 3.63) is 0 Å². The zero-order valence-electron chi connectivity index (χ0n) is 12.9. The summed E-state index contributed by atoms with van der Waals surface area (Å²) < 4.78 is 0.